The highest BCUT2D eigenvalue weighted by atomic mass is 35.5. The van der Waals surface area contributed by atoms with E-state index in [4.69, 9.17) is 11.6 Å². The van der Waals surface area contributed by atoms with Gasteiger partial charge in [0.2, 0.25) is 0 Å². The summed E-state index contributed by atoms with van der Waals surface area (Å²) in [6.45, 7) is 3.28. The van der Waals surface area contributed by atoms with Crippen molar-refractivity contribution in [3.8, 4) is 0 Å². The molecule has 3 nitrogen and oxygen atoms in total. The van der Waals surface area contributed by atoms with E-state index < -0.39 is 0 Å². The first-order valence-electron chi connectivity index (χ1n) is 5.78. The number of nitrogens with zero attached hydrogens (tertiary/aromatic N) is 2. The zero-order valence-corrected chi connectivity index (χ0v) is 10.4. The molecule has 2 rings (SSSR count). The van der Waals surface area contributed by atoms with E-state index in [1.165, 1.54) is 24.9 Å². The molecule has 1 unspecified atom stereocenters. The second kappa shape index (κ2) is 5.62. The third-order valence-corrected chi connectivity index (χ3v) is 3.33. The molecule has 1 atom stereocenters. The zero-order valence-electron chi connectivity index (χ0n) is 9.62. The molecule has 4 heteroatoms. The van der Waals surface area contributed by atoms with Gasteiger partial charge in [-0.1, -0.05) is 17.7 Å². The summed E-state index contributed by atoms with van der Waals surface area (Å²) in [4.78, 5) is 6.57. The number of hydrogen-bond acceptors (Lipinski definition) is 3. The summed E-state index contributed by atoms with van der Waals surface area (Å²) >= 11 is 5.77. The third-order valence-electron chi connectivity index (χ3n) is 3.11. The van der Waals surface area contributed by atoms with E-state index in [1.807, 2.05) is 19.3 Å². The Labute approximate surface area is 102 Å². The number of piperidine rings is 1. The smallest absolute Gasteiger partial charge is 0.129 e. The molecular formula is C12H18ClN3. The number of likely N-dealkylation sites (N-methyl/N-ethyl adjacent to an activating group) is 1. The van der Waals surface area contributed by atoms with Crippen molar-refractivity contribution in [3.05, 3.63) is 29.0 Å². The molecule has 1 saturated heterocycles. The molecule has 0 bridgehead atoms. The van der Waals surface area contributed by atoms with Crippen LogP contribution >= 0.6 is 11.6 Å². The predicted molar refractivity (Wildman–Crippen MR) is 66.6 cm³/mol. The van der Waals surface area contributed by atoms with Gasteiger partial charge in [0.25, 0.3) is 0 Å². The van der Waals surface area contributed by atoms with Gasteiger partial charge < -0.3 is 5.32 Å². The van der Waals surface area contributed by atoms with Gasteiger partial charge >= 0.3 is 0 Å². The highest BCUT2D eigenvalue weighted by Gasteiger charge is 2.18. The van der Waals surface area contributed by atoms with Crippen LogP contribution in [-0.4, -0.2) is 36.1 Å². The minimum absolute atomic E-state index is 0.565. The Kier molecular flexibility index (Phi) is 4.16. The van der Waals surface area contributed by atoms with Gasteiger partial charge in [-0.2, -0.15) is 0 Å². The maximum atomic E-state index is 5.77. The fraction of sp³-hybridized carbons (Fsp3) is 0.583. The average molecular weight is 240 g/mol. The van der Waals surface area contributed by atoms with Crippen LogP contribution in [0.25, 0.3) is 0 Å². The summed E-state index contributed by atoms with van der Waals surface area (Å²) < 4.78 is 0. The average Bonchev–Trinajstić information content (AvgIpc) is 2.32. The number of nitrogens with one attached hydrogen (secondary N) is 1. The van der Waals surface area contributed by atoms with Crippen LogP contribution in [-0.2, 0) is 6.54 Å². The Bertz CT molecular complexity index is 326. The Morgan fingerprint density at radius 2 is 2.44 bits per heavy atom. The van der Waals surface area contributed by atoms with Crippen molar-refractivity contribution < 1.29 is 0 Å². The standard InChI is InChI=1S/C12H18ClN3/c1-14-11-3-2-6-16(9-11)8-10-4-5-12(13)15-7-10/h4-5,7,11,14H,2-3,6,8-9H2,1H3. The van der Waals surface area contributed by atoms with Crippen molar-refractivity contribution in [3.63, 3.8) is 0 Å². The Hall–Kier alpha value is -0.640. The number of pyridine rings is 1. The van der Waals surface area contributed by atoms with Crippen LogP contribution in [0.5, 0.6) is 0 Å². The first-order valence-corrected chi connectivity index (χ1v) is 6.16. The summed E-state index contributed by atoms with van der Waals surface area (Å²) in [5, 5.41) is 3.92. The van der Waals surface area contributed by atoms with Crippen LogP contribution in [0.4, 0.5) is 0 Å². The Balaban J connectivity index is 1.91. The summed E-state index contributed by atoms with van der Waals surface area (Å²) in [6, 6.07) is 4.54. The Morgan fingerprint density at radius 3 is 3.12 bits per heavy atom. The molecular weight excluding hydrogens is 222 g/mol. The number of halogens is 1. The van der Waals surface area contributed by atoms with Gasteiger partial charge in [-0.25, -0.2) is 4.98 Å². The van der Waals surface area contributed by atoms with Gasteiger partial charge in [-0.05, 0) is 38.1 Å². The topological polar surface area (TPSA) is 28.2 Å². The van der Waals surface area contributed by atoms with Crippen molar-refractivity contribution in [2.24, 2.45) is 0 Å². The van der Waals surface area contributed by atoms with Gasteiger partial charge in [-0.15, -0.1) is 0 Å². The molecule has 0 saturated carbocycles. The van der Waals surface area contributed by atoms with Gasteiger partial charge in [0.1, 0.15) is 5.15 Å². The third kappa shape index (κ3) is 3.17. The molecule has 0 radical (unpaired) electrons. The summed E-state index contributed by atoms with van der Waals surface area (Å²) in [6.07, 6.45) is 4.42. The quantitative estimate of drug-likeness (QED) is 0.817. The lowest BCUT2D eigenvalue weighted by molar-refractivity contribution is 0.188. The maximum absolute atomic E-state index is 5.77. The number of aromatic nitrogens is 1. The zero-order chi connectivity index (χ0) is 11.4. The molecule has 1 aromatic heterocycles. The molecule has 1 aliphatic rings. The van der Waals surface area contributed by atoms with E-state index in [9.17, 15) is 0 Å². The Morgan fingerprint density at radius 1 is 1.56 bits per heavy atom. The molecule has 1 aromatic rings. The van der Waals surface area contributed by atoms with Gasteiger partial charge in [0.15, 0.2) is 0 Å². The summed E-state index contributed by atoms with van der Waals surface area (Å²) in [5.41, 5.74) is 1.24. The second-order valence-electron chi connectivity index (χ2n) is 4.35. The molecule has 1 aliphatic heterocycles. The van der Waals surface area contributed by atoms with Crippen molar-refractivity contribution in [2.45, 2.75) is 25.4 Å². The van der Waals surface area contributed by atoms with Gasteiger partial charge in [0, 0.05) is 25.3 Å². The van der Waals surface area contributed by atoms with E-state index in [2.05, 4.69) is 21.3 Å². The van der Waals surface area contributed by atoms with E-state index in [1.54, 1.807) is 0 Å². The van der Waals surface area contributed by atoms with Crippen LogP contribution in [0.1, 0.15) is 18.4 Å². The first-order chi connectivity index (χ1) is 7.78. The minimum atomic E-state index is 0.565. The predicted octanol–water partition coefficient (Wildman–Crippen LogP) is 1.92. The van der Waals surface area contributed by atoms with Gasteiger partial charge in [0.05, 0.1) is 0 Å². The molecule has 1 N–H and O–H groups in total. The monoisotopic (exact) mass is 239 g/mol. The first kappa shape index (κ1) is 11.8. The highest BCUT2D eigenvalue weighted by Crippen LogP contribution is 2.14. The maximum Gasteiger partial charge on any atom is 0.129 e. The lowest BCUT2D eigenvalue weighted by Gasteiger charge is -2.32. The lowest BCUT2D eigenvalue weighted by atomic mass is 10.1. The summed E-state index contributed by atoms with van der Waals surface area (Å²) in [5.74, 6) is 0. The van der Waals surface area contributed by atoms with Crippen molar-refractivity contribution >= 4 is 11.6 Å². The van der Waals surface area contributed by atoms with Crippen LogP contribution < -0.4 is 5.32 Å². The fourth-order valence-electron chi connectivity index (χ4n) is 2.19. The molecule has 88 valence electrons. The van der Waals surface area contributed by atoms with E-state index in [0.717, 1.165) is 13.1 Å². The van der Waals surface area contributed by atoms with Crippen molar-refractivity contribution in [1.82, 2.24) is 15.2 Å². The van der Waals surface area contributed by atoms with E-state index in [-0.39, 0.29) is 0 Å². The molecule has 0 spiro atoms. The molecule has 2 heterocycles. The van der Waals surface area contributed by atoms with Crippen LogP contribution in [0.3, 0.4) is 0 Å². The number of hydrogen-bond donors (Lipinski definition) is 1. The highest BCUT2D eigenvalue weighted by molar-refractivity contribution is 6.29. The van der Waals surface area contributed by atoms with Crippen LogP contribution in [0, 0.1) is 0 Å². The molecule has 16 heavy (non-hydrogen) atoms. The molecule has 1 fully saturated rings. The van der Waals surface area contributed by atoms with Gasteiger partial charge in [-0.3, -0.25) is 4.90 Å². The van der Waals surface area contributed by atoms with Crippen molar-refractivity contribution in [2.75, 3.05) is 20.1 Å². The van der Waals surface area contributed by atoms with Crippen LogP contribution in [0.15, 0.2) is 18.3 Å². The van der Waals surface area contributed by atoms with E-state index >= 15 is 0 Å². The fourth-order valence-corrected chi connectivity index (χ4v) is 2.30. The normalized spacial score (nSPS) is 22.2. The molecule has 0 aromatic carbocycles. The van der Waals surface area contributed by atoms with E-state index in [0.29, 0.717) is 11.2 Å². The van der Waals surface area contributed by atoms with Crippen molar-refractivity contribution in [1.29, 1.82) is 0 Å². The van der Waals surface area contributed by atoms with Crippen LogP contribution in [0.2, 0.25) is 5.15 Å². The molecule has 0 amide bonds. The number of rotatable bonds is 3. The minimum Gasteiger partial charge on any atom is -0.316 e. The summed E-state index contributed by atoms with van der Waals surface area (Å²) in [7, 11) is 2.04. The SMILES string of the molecule is CNC1CCCN(Cc2ccc(Cl)nc2)C1. The second-order valence-corrected chi connectivity index (χ2v) is 4.74. The number of likely N-dealkylation sites (tertiary alicyclic amines) is 1. The molecule has 0 aliphatic carbocycles. The lowest BCUT2D eigenvalue weighted by Crippen LogP contribution is -2.43. The largest absolute Gasteiger partial charge is 0.316 e.